The summed E-state index contributed by atoms with van der Waals surface area (Å²) < 4.78 is 0. The van der Waals surface area contributed by atoms with E-state index in [9.17, 15) is 0 Å². The molecule has 0 bridgehead atoms. The molecule has 4 heteroatoms. The number of aromatic nitrogens is 1. The van der Waals surface area contributed by atoms with Crippen LogP contribution in [0.3, 0.4) is 0 Å². The quantitative estimate of drug-likeness (QED) is 0.750. The van der Waals surface area contributed by atoms with Gasteiger partial charge < -0.3 is 10.2 Å². The van der Waals surface area contributed by atoms with Gasteiger partial charge in [0.25, 0.3) is 0 Å². The van der Waals surface area contributed by atoms with Crippen LogP contribution >= 0.6 is 11.3 Å². The number of nitrogens with one attached hydrogen (secondary N) is 1. The number of pyridine rings is 1. The molecule has 1 N–H and O–H groups in total. The Bertz CT molecular complexity index is 442. The van der Waals surface area contributed by atoms with Crippen molar-refractivity contribution in [1.82, 2.24) is 15.2 Å². The van der Waals surface area contributed by atoms with Crippen LogP contribution in [0.1, 0.15) is 10.4 Å². The summed E-state index contributed by atoms with van der Waals surface area (Å²) in [6.07, 6.45) is 4.88. The number of thiophene rings is 1. The van der Waals surface area contributed by atoms with E-state index in [4.69, 9.17) is 0 Å². The number of hydrogen-bond donors (Lipinski definition) is 1. The molecule has 0 atom stereocenters. The minimum absolute atomic E-state index is 0.959. The van der Waals surface area contributed by atoms with Gasteiger partial charge in [0.2, 0.25) is 0 Å². The van der Waals surface area contributed by atoms with E-state index in [0.29, 0.717) is 0 Å². The Labute approximate surface area is 119 Å². The fraction of sp³-hybridized carbons (Fsp3) is 0.400. The van der Waals surface area contributed by atoms with Crippen molar-refractivity contribution in [3.8, 4) is 0 Å². The normalized spacial score (nSPS) is 11.1. The second kappa shape index (κ2) is 8.04. The van der Waals surface area contributed by atoms with Crippen molar-refractivity contribution in [2.24, 2.45) is 0 Å². The third-order valence-electron chi connectivity index (χ3n) is 2.97. The van der Waals surface area contributed by atoms with Crippen LogP contribution in [0.4, 0.5) is 0 Å². The van der Waals surface area contributed by atoms with Crippen molar-refractivity contribution in [1.29, 1.82) is 0 Å². The summed E-state index contributed by atoms with van der Waals surface area (Å²) in [5, 5.41) is 5.63. The molecule has 0 saturated heterocycles. The van der Waals surface area contributed by atoms with Crippen molar-refractivity contribution >= 4 is 11.3 Å². The predicted molar refractivity (Wildman–Crippen MR) is 81.5 cm³/mol. The lowest BCUT2D eigenvalue weighted by atomic mass is 10.3. The van der Waals surface area contributed by atoms with Gasteiger partial charge in [0, 0.05) is 43.4 Å². The lowest BCUT2D eigenvalue weighted by Crippen LogP contribution is -2.30. The van der Waals surface area contributed by atoms with Crippen LogP contribution in [0.5, 0.6) is 0 Å². The lowest BCUT2D eigenvalue weighted by molar-refractivity contribution is 0.324. The van der Waals surface area contributed by atoms with Crippen LogP contribution in [-0.4, -0.2) is 36.6 Å². The Morgan fingerprint density at radius 2 is 2.21 bits per heavy atom. The fourth-order valence-corrected chi connectivity index (χ4v) is 2.65. The first-order chi connectivity index (χ1) is 9.34. The van der Waals surface area contributed by atoms with Crippen molar-refractivity contribution in [3.05, 3.63) is 52.5 Å². The SMILES string of the molecule is CN(CCNCCc1cccs1)Cc1cccnc1. The van der Waals surface area contributed by atoms with E-state index in [1.54, 1.807) is 0 Å². The second-order valence-corrected chi connectivity index (χ2v) is 5.71. The molecule has 0 aliphatic heterocycles. The fourth-order valence-electron chi connectivity index (χ4n) is 1.94. The molecule has 0 aromatic carbocycles. The minimum atomic E-state index is 0.959. The predicted octanol–water partition coefficient (Wildman–Crippen LogP) is 2.41. The van der Waals surface area contributed by atoms with Crippen LogP contribution in [0.2, 0.25) is 0 Å². The van der Waals surface area contributed by atoms with Crippen LogP contribution in [0, 0.1) is 0 Å². The Morgan fingerprint density at radius 3 is 2.95 bits per heavy atom. The van der Waals surface area contributed by atoms with Gasteiger partial charge in [-0.2, -0.15) is 0 Å². The molecule has 2 aromatic heterocycles. The molecule has 19 heavy (non-hydrogen) atoms. The van der Waals surface area contributed by atoms with Gasteiger partial charge in [-0.1, -0.05) is 12.1 Å². The van der Waals surface area contributed by atoms with Crippen molar-refractivity contribution in [2.45, 2.75) is 13.0 Å². The minimum Gasteiger partial charge on any atom is -0.315 e. The van der Waals surface area contributed by atoms with Gasteiger partial charge in [-0.25, -0.2) is 0 Å². The van der Waals surface area contributed by atoms with Crippen molar-refractivity contribution in [2.75, 3.05) is 26.7 Å². The van der Waals surface area contributed by atoms with Gasteiger partial charge >= 0.3 is 0 Å². The zero-order valence-electron chi connectivity index (χ0n) is 11.4. The molecular formula is C15H21N3S. The molecule has 102 valence electrons. The van der Waals surface area contributed by atoms with Crippen molar-refractivity contribution < 1.29 is 0 Å². The largest absolute Gasteiger partial charge is 0.315 e. The Hall–Kier alpha value is -1.23. The van der Waals surface area contributed by atoms with Gasteiger partial charge in [0.15, 0.2) is 0 Å². The molecule has 2 heterocycles. The topological polar surface area (TPSA) is 28.2 Å². The first kappa shape index (κ1) is 14.2. The molecule has 0 saturated carbocycles. The standard InChI is InChI=1S/C15H21N3S/c1-18(13-14-4-2-7-17-12-14)10-9-16-8-6-15-5-3-11-19-15/h2-5,7,11-12,16H,6,8-10,13H2,1H3. The number of hydrogen-bond acceptors (Lipinski definition) is 4. The lowest BCUT2D eigenvalue weighted by Gasteiger charge is -2.16. The maximum absolute atomic E-state index is 4.13. The van der Waals surface area contributed by atoms with Gasteiger partial charge in [-0.05, 0) is 36.5 Å². The smallest absolute Gasteiger partial charge is 0.0312 e. The highest BCUT2D eigenvalue weighted by atomic mass is 32.1. The van der Waals surface area contributed by atoms with Crippen LogP contribution in [0.15, 0.2) is 42.0 Å². The first-order valence-corrected chi connectivity index (χ1v) is 7.53. The summed E-state index contributed by atoms with van der Waals surface area (Å²) in [6.45, 7) is 4.10. The zero-order valence-corrected chi connectivity index (χ0v) is 12.2. The Morgan fingerprint density at radius 1 is 1.26 bits per heavy atom. The van der Waals surface area contributed by atoms with Crippen LogP contribution in [0.25, 0.3) is 0 Å². The number of likely N-dealkylation sites (N-methyl/N-ethyl adjacent to an activating group) is 1. The molecule has 0 aliphatic rings. The average molecular weight is 275 g/mol. The summed E-state index contributed by atoms with van der Waals surface area (Å²) in [6, 6.07) is 8.42. The third kappa shape index (κ3) is 5.51. The summed E-state index contributed by atoms with van der Waals surface area (Å²) in [5.41, 5.74) is 1.27. The highest BCUT2D eigenvalue weighted by Crippen LogP contribution is 2.07. The molecule has 0 amide bonds. The monoisotopic (exact) mass is 275 g/mol. The average Bonchev–Trinajstić information content (AvgIpc) is 2.92. The van der Waals surface area contributed by atoms with Crippen LogP contribution < -0.4 is 5.32 Å². The van der Waals surface area contributed by atoms with Gasteiger partial charge in [0.05, 0.1) is 0 Å². The molecular weight excluding hydrogens is 254 g/mol. The van der Waals surface area contributed by atoms with E-state index >= 15 is 0 Å². The van der Waals surface area contributed by atoms with E-state index in [1.165, 1.54) is 10.4 Å². The summed E-state index contributed by atoms with van der Waals surface area (Å²) in [7, 11) is 2.15. The maximum Gasteiger partial charge on any atom is 0.0312 e. The summed E-state index contributed by atoms with van der Waals surface area (Å²) in [4.78, 5) is 7.90. The molecule has 2 aromatic rings. The Kier molecular flexibility index (Phi) is 6.01. The van der Waals surface area contributed by atoms with E-state index in [2.05, 4.69) is 45.8 Å². The molecule has 0 unspecified atom stereocenters. The zero-order chi connectivity index (χ0) is 13.3. The summed E-state index contributed by atoms with van der Waals surface area (Å²) in [5.74, 6) is 0. The number of nitrogens with zero attached hydrogens (tertiary/aromatic N) is 2. The maximum atomic E-state index is 4.13. The Balaban J connectivity index is 1.55. The first-order valence-electron chi connectivity index (χ1n) is 6.65. The van der Waals surface area contributed by atoms with E-state index < -0.39 is 0 Å². The summed E-state index contributed by atoms with van der Waals surface area (Å²) >= 11 is 1.83. The molecule has 0 fully saturated rings. The third-order valence-corrected chi connectivity index (χ3v) is 3.91. The van der Waals surface area contributed by atoms with E-state index in [1.807, 2.05) is 29.8 Å². The van der Waals surface area contributed by atoms with Gasteiger partial charge in [-0.15, -0.1) is 11.3 Å². The van der Waals surface area contributed by atoms with E-state index in [-0.39, 0.29) is 0 Å². The molecule has 0 spiro atoms. The second-order valence-electron chi connectivity index (χ2n) is 4.68. The number of rotatable bonds is 8. The van der Waals surface area contributed by atoms with Gasteiger partial charge in [0.1, 0.15) is 0 Å². The molecule has 3 nitrogen and oxygen atoms in total. The van der Waals surface area contributed by atoms with Gasteiger partial charge in [-0.3, -0.25) is 4.98 Å². The highest BCUT2D eigenvalue weighted by Gasteiger charge is 2.00. The molecule has 0 aliphatic carbocycles. The highest BCUT2D eigenvalue weighted by molar-refractivity contribution is 7.09. The van der Waals surface area contributed by atoms with E-state index in [0.717, 1.165) is 32.6 Å². The van der Waals surface area contributed by atoms with Crippen LogP contribution in [-0.2, 0) is 13.0 Å². The van der Waals surface area contributed by atoms with Crippen molar-refractivity contribution in [3.63, 3.8) is 0 Å². The molecule has 2 rings (SSSR count). The molecule has 0 radical (unpaired) electrons.